The molecule has 0 amide bonds. The fourth-order valence-electron chi connectivity index (χ4n) is 2.37. The summed E-state index contributed by atoms with van der Waals surface area (Å²) in [5.41, 5.74) is 2.72. The van der Waals surface area contributed by atoms with E-state index in [4.69, 9.17) is 0 Å². The van der Waals surface area contributed by atoms with Gasteiger partial charge in [0.05, 0.1) is 0 Å². The molecule has 1 heteroatoms. The Morgan fingerprint density at radius 1 is 0.842 bits per heavy atom. The number of hydrogen-bond donors (Lipinski definition) is 0. The maximum atomic E-state index is 2.37. The van der Waals surface area contributed by atoms with Gasteiger partial charge in [-0.3, -0.25) is 0 Å². The second-order valence-electron chi connectivity index (χ2n) is 5.19. The van der Waals surface area contributed by atoms with E-state index in [2.05, 4.69) is 48.7 Å². The molecule has 1 aromatic carbocycles. The number of hydrogen-bond acceptors (Lipinski definition) is 1. The van der Waals surface area contributed by atoms with Crippen LogP contribution in [-0.2, 0) is 6.42 Å². The molecule has 0 nitrogen and oxygen atoms in total. The molecule has 102 valence electrons. The van der Waals surface area contributed by atoms with E-state index in [1.165, 1.54) is 60.9 Å². The normalized spacial score (nSPS) is 10.8. The topological polar surface area (TPSA) is 0 Å². The van der Waals surface area contributed by atoms with Gasteiger partial charge in [0.25, 0.3) is 0 Å². The van der Waals surface area contributed by atoms with Gasteiger partial charge in [0.15, 0.2) is 0 Å². The fraction of sp³-hybridized carbons (Fsp3) is 0.444. The third-order valence-electron chi connectivity index (χ3n) is 3.54. The van der Waals surface area contributed by atoms with Crippen molar-refractivity contribution in [1.29, 1.82) is 0 Å². The third kappa shape index (κ3) is 4.83. The molecule has 0 aliphatic heterocycles. The van der Waals surface area contributed by atoms with Crippen molar-refractivity contribution in [3.05, 3.63) is 46.7 Å². The number of rotatable bonds is 8. The molecule has 0 N–H and O–H groups in total. The Kier molecular flexibility index (Phi) is 6.16. The molecule has 2 aromatic rings. The summed E-state index contributed by atoms with van der Waals surface area (Å²) in [6.45, 7) is 2.27. The lowest BCUT2D eigenvalue weighted by Crippen LogP contribution is -1.82. The Bertz CT molecular complexity index is 456. The standard InChI is InChI=1S/C18H24S/c1-2-3-4-5-6-10-13-18-14-17(15-19-18)16-11-8-7-9-12-16/h7-9,11-12,14-15H,2-6,10,13H2,1H3. The average Bonchev–Trinajstić information content (AvgIpc) is 2.92. The molecule has 0 bridgehead atoms. The molecule has 1 aromatic heterocycles. The second kappa shape index (κ2) is 8.16. The molecular formula is C18H24S. The van der Waals surface area contributed by atoms with E-state index in [-0.39, 0.29) is 0 Å². The number of aryl methyl sites for hydroxylation is 1. The summed E-state index contributed by atoms with van der Waals surface area (Å²) in [5.74, 6) is 0. The van der Waals surface area contributed by atoms with E-state index >= 15 is 0 Å². The van der Waals surface area contributed by atoms with Crippen LogP contribution in [0.15, 0.2) is 41.8 Å². The van der Waals surface area contributed by atoms with Crippen LogP contribution in [0.4, 0.5) is 0 Å². The van der Waals surface area contributed by atoms with E-state index in [0.717, 1.165) is 0 Å². The lowest BCUT2D eigenvalue weighted by Gasteiger charge is -1.99. The Labute approximate surface area is 121 Å². The van der Waals surface area contributed by atoms with E-state index in [0.29, 0.717) is 0 Å². The molecule has 2 rings (SSSR count). The number of unbranched alkanes of at least 4 members (excludes halogenated alkanes) is 5. The van der Waals surface area contributed by atoms with Crippen molar-refractivity contribution in [2.75, 3.05) is 0 Å². The molecule has 0 saturated carbocycles. The highest BCUT2D eigenvalue weighted by Crippen LogP contribution is 2.26. The van der Waals surface area contributed by atoms with Gasteiger partial charge < -0.3 is 0 Å². The molecule has 19 heavy (non-hydrogen) atoms. The molecule has 0 saturated heterocycles. The van der Waals surface area contributed by atoms with Crippen LogP contribution in [0, 0.1) is 0 Å². The van der Waals surface area contributed by atoms with E-state index in [9.17, 15) is 0 Å². The van der Waals surface area contributed by atoms with E-state index in [1.807, 2.05) is 11.3 Å². The second-order valence-corrected chi connectivity index (χ2v) is 6.18. The van der Waals surface area contributed by atoms with Crippen molar-refractivity contribution in [1.82, 2.24) is 0 Å². The smallest absolute Gasteiger partial charge is 0.00516 e. The first-order valence-corrected chi connectivity index (χ1v) is 8.41. The van der Waals surface area contributed by atoms with Crippen LogP contribution in [0.2, 0.25) is 0 Å². The van der Waals surface area contributed by atoms with Gasteiger partial charge in [0.1, 0.15) is 0 Å². The molecular weight excluding hydrogens is 248 g/mol. The highest BCUT2D eigenvalue weighted by molar-refractivity contribution is 7.10. The van der Waals surface area contributed by atoms with Crippen molar-refractivity contribution in [3.8, 4) is 11.1 Å². The fourth-order valence-corrected chi connectivity index (χ4v) is 3.31. The predicted molar refractivity (Wildman–Crippen MR) is 86.8 cm³/mol. The minimum absolute atomic E-state index is 1.25. The van der Waals surface area contributed by atoms with Gasteiger partial charge in [-0.1, -0.05) is 69.4 Å². The van der Waals surface area contributed by atoms with E-state index < -0.39 is 0 Å². The Hall–Kier alpha value is -1.08. The SMILES string of the molecule is CCCCCCCCc1cc(-c2ccccc2)cs1. The van der Waals surface area contributed by atoms with Gasteiger partial charge in [0, 0.05) is 4.88 Å². The van der Waals surface area contributed by atoms with Crippen LogP contribution in [0.1, 0.15) is 50.3 Å². The third-order valence-corrected chi connectivity index (χ3v) is 4.53. The summed E-state index contributed by atoms with van der Waals surface area (Å²) >= 11 is 1.91. The molecule has 0 spiro atoms. The van der Waals surface area contributed by atoms with Crippen LogP contribution < -0.4 is 0 Å². The number of benzene rings is 1. The predicted octanol–water partition coefficient (Wildman–Crippen LogP) is 6.32. The molecule has 0 aliphatic rings. The minimum Gasteiger partial charge on any atom is -0.148 e. The molecule has 0 atom stereocenters. The van der Waals surface area contributed by atoms with Crippen molar-refractivity contribution < 1.29 is 0 Å². The first kappa shape index (κ1) is 14.3. The maximum absolute atomic E-state index is 2.37. The summed E-state index contributed by atoms with van der Waals surface area (Å²) < 4.78 is 0. The lowest BCUT2D eigenvalue weighted by atomic mass is 10.1. The monoisotopic (exact) mass is 272 g/mol. The molecule has 0 radical (unpaired) electrons. The first-order chi connectivity index (χ1) is 9.40. The quantitative estimate of drug-likeness (QED) is 0.493. The largest absolute Gasteiger partial charge is 0.148 e. The zero-order chi connectivity index (χ0) is 13.3. The van der Waals surface area contributed by atoms with Crippen molar-refractivity contribution >= 4 is 11.3 Å². The molecule has 0 fully saturated rings. The van der Waals surface area contributed by atoms with Gasteiger partial charge >= 0.3 is 0 Å². The molecule has 0 aliphatic carbocycles. The van der Waals surface area contributed by atoms with Gasteiger partial charge in [-0.2, -0.15) is 0 Å². The van der Waals surface area contributed by atoms with Crippen LogP contribution in [-0.4, -0.2) is 0 Å². The molecule has 1 heterocycles. The number of thiophene rings is 1. The lowest BCUT2D eigenvalue weighted by molar-refractivity contribution is 0.609. The average molecular weight is 272 g/mol. The zero-order valence-corrected chi connectivity index (χ0v) is 12.7. The van der Waals surface area contributed by atoms with Gasteiger partial charge in [-0.25, -0.2) is 0 Å². The van der Waals surface area contributed by atoms with Crippen molar-refractivity contribution in [3.63, 3.8) is 0 Å². The summed E-state index contributed by atoms with van der Waals surface area (Å²) in [7, 11) is 0. The first-order valence-electron chi connectivity index (χ1n) is 7.53. The zero-order valence-electron chi connectivity index (χ0n) is 11.9. The Morgan fingerprint density at radius 2 is 1.58 bits per heavy atom. The highest BCUT2D eigenvalue weighted by atomic mass is 32.1. The molecule has 0 unspecified atom stereocenters. The summed E-state index contributed by atoms with van der Waals surface area (Å²) in [4.78, 5) is 1.54. The van der Waals surface area contributed by atoms with Crippen LogP contribution in [0.3, 0.4) is 0 Å². The van der Waals surface area contributed by atoms with Crippen LogP contribution >= 0.6 is 11.3 Å². The Morgan fingerprint density at radius 3 is 2.37 bits per heavy atom. The maximum Gasteiger partial charge on any atom is 0.00516 e. The summed E-state index contributed by atoms with van der Waals surface area (Å²) in [5, 5.41) is 2.29. The van der Waals surface area contributed by atoms with E-state index in [1.54, 1.807) is 0 Å². The van der Waals surface area contributed by atoms with Gasteiger partial charge in [-0.05, 0) is 35.4 Å². The van der Waals surface area contributed by atoms with Crippen molar-refractivity contribution in [2.45, 2.75) is 51.9 Å². The summed E-state index contributed by atoms with van der Waals surface area (Å²) in [6, 6.07) is 13.0. The van der Waals surface area contributed by atoms with Crippen LogP contribution in [0.25, 0.3) is 11.1 Å². The van der Waals surface area contributed by atoms with Gasteiger partial charge in [0.2, 0.25) is 0 Å². The highest BCUT2D eigenvalue weighted by Gasteiger charge is 2.02. The Balaban J connectivity index is 1.75. The van der Waals surface area contributed by atoms with Crippen molar-refractivity contribution in [2.24, 2.45) is 0 Å². The van der Waals surface area contributed by atoms with Crippen LogP contribution in [0.5, 0.6) is 0 Å². The minimum atomic E-state index is 1.25. The summed E-state index contributed by atoms with van der Waals surface area (Å²) in [6.07, 6.45) is 9.55. The van der Waals surface area contributed by atoms with Gasteiger partial charge in [-0.15, -0.1) is 11.3 Å².